The molecule has 0 aliphatic carbocycles. The van der Waals surface area contributed by atoms with Gasteiger partial charge in [-0.2, -0.15) is 0 Å². The van der Waals surface area contributed by atoms with Crippen LogP contribution in [0.15, 0.2) is 67.1 Å². The van der Waals surface area contributed by atoms with Crippen molar-refractivity contribution in [1.29, 1.82) is 0 Å². The normalized spacial score (nSPS) is 11.2. The van der Waals surface area contributed by atoms with Gasteiger partial charge < -0.3 is 10.8 Å². The van der Waals surface area contributed by atoms with Crippen molar-refractivity contribution in [2.75, 3.05) is 0 Å². The molecule has 0 amide bonds. The van der Waals surface area contributed by atoms with E-state index in [0.717, 1.165) is 16.8 Å². The van der Waals surface area contributed by atoms with Crippen molar-refractivity contribution in [1.82, 2.24) is 9.97 Å². The van der Waals surface area contributed by atoms with Crippen LogP contribution in [0.25, 0.3) is 11.1 Å². The molecule has 5 nitrogen and oxygen atoms in total. The van der Waals surface area contributed by atoms with Gasteiger partial charge in [0.05, 0.1) is 11.3 Å². The van der Waals surface area contributed by atoms with Crippen molar-refractivity contribution in [2.45, 2.75) is 19.9 Å². The van der Waals surface area contributed by atoms with Crippen LogP contribution < -0.4 is 5.73 Å². The Morgan fingerprint density at radius 3 is 2.32 bits per heavy atom. The molecule has 3 aromatic rings. The van der Waals surface area contributed by atoms with Gasteiger partial charge in [-0.15, -0.1) is 0 Å². The van der Waals surface area contributed by atoms with Crippen LogP contribution in [0.5, 0.6) is 0 Å². The molecule has 0 fully saturated rings. The lowest BCUT2D eigenvalue weighted by Crippen LogP contribution is -2.06. The molecule has 0 aliphatic heterocycles. The Kier molecular flexibility index (Phi) is 6.37. The predicted molar refractivity (Wildman–Crippen MR) is 98.2 cm³/mol. The van der Waals surface area contributed by atoms with Crippen LogP contribution in [0.2, 0.25) is 0 Å². The third-order valence-electron chi connectivity index (χ3n) is 3.54. The first kappa shape index (κ1) is 18.3. The van der Waals surface area contributed by atoms with Gasteiger partial charge in [0, 0.05) is 24.6 Å². The molecule has 2 aromatic carbocycles. The summed E-state index contributed by atoms with van der Waals surface area (Å²) in [6.45, 7) is 3.90. The number of hydrogen-bond donors (Lipinski definition) is 2. The fourth-order valence-corrected chi connectivity index (χ4v) is 2.12. The number of benzene rings is 2. The summed E-state index contributed by atoms with van der Waals surface area (Å²) in [5.74, 6) is -0.894. The Morgan fingerprint density at radius 1 is 1.08 bits per heavy atom. The zero-order chi connectivity index (χ0) is 18.2. The highest BCUT2D eigenvalue weighted by atomic mass is 16.4. The number of nitrogens with two attached hydrogens (primary N) is 1. The molecule has 0 saturated heterocycles. The lowest BCUT2D eigenvalue weighted by Gasteiger charge is -2.03. The van der Waals surface area contributed by atoms with Crippen LogP contribution in [-0.4, -0.2) is 21.0 Å². The van der Waals surface area contributed by atoms with Gasteiger partial charge in [0.1, 0.15) is 0 Å². The van der Waals surface area contributed by atoms with Crippen LogP contribution in [0.4, 0.5) is 0 Å². The summed E-state index contributed by atoms with van der Waals surface area (Å²) in [4.78, 5) is 18.7. The smallest absolute Gasteiger partial charge is 0.335 e. The lowest BCUT2D eigenvalue weighted by atomic mass is 10.0. The van der Waals surface area contributed by atoms with E-state index >= 15 is 0 Å². The van der Waals surface area contributed by atoms with E-state index in [9.17, 15) is 4.79 Å². The van der Waals surface area contributed by atoms with Crippen molar-refractivity contribution in [3.8, 4) is 11.1 Å². The molecule has 1 atom stereocenters. The fourth-order valence-electron chi connectivity index (χ4n) is 2.12. The molecule has 25 heavy (non-hydrogen) atoms. The van der Waals surface area contributed by atoms with Gasteiger partial charge in [-0.1, -0.05) is 42.0 Å². The Hall–Kier alpha value is -3.05. The number of nitrogens with zero attached hydrogens (tertiary/aromatic N) is 2. The Balaban J connectivity index is 0.000000212. The number of aryl methyl sites for hydroxylation is 1. The number of carboxylic acid groups (broad SMARTS) is 1. The average molecular weight is 335 g/mol. The van der Waals surface area contributed by atoms with Crippen LogP contribution in [0.3, 0.4) is 0 Å². The first-order valence-electron chi connectivity index (χ1n) is 7.89. The molecule has 1 heterocycles. The zero-order valence-electron chi connectivity index (χ0n) is 14.3. The minimum absolute atomic E-state index is 0.0151. The van der Waals surface area contributed by atoms with E-state index in [-0.39, 0.29) is 6.04 Å². The van der Waals surface area contributed by atoms with E-state index in [2.05, 4.69) is 9.97 Å². The van der Waals surface area contributed by atoms with Gasteiger partial charge in [-0.3, -0.25) is 9.97 Å². The molecule has 0 aliphatic rings. The molecule has 0 spiro atoms. The van der Waals surface area contributed by atoms with Gasteiger partial charge in [0.15, 0.2) is 0 Å². The summed E-state index contributed by atoms with van der Waals surface area (Å²) in [7, 11) is 0. The SMILES string of the molecule is CC(N)c1cnccn1.Cc1ccc(-c2cccc(C(=O)O)c2)cc1. The maximum absolute atomic E-state index is 10.8. The molecule has 1 aromatic heterocycles. The largest absolute Gasteiger partial charge is 0.478 e. The summed E-state index contributed by atoms with van der Waals surface area (Å²) in [6, 6.07) is 15.0. The zero-order valence-corrected chi connectivity index (χ0v) is 14.3. The number of carboxylic acids is 1. The van der Waals surface area contributed by atoms with Crippen molar-refractivity contribution in [3.05, 3.63) is 83.9 Å². The summed E-state index contributed by atoms with van der Waals surface area (Å²) in [6.07, 6.45) is 4.94. The van der Waals surface area contributed by atoms with Gasteiger partial charge >= 0.3 is 5.97 Å². The monoisotopic (exact) mass is 335 g/mol. The number of aromatic carboxylic acids is 1. The first-order chi connectivity index (χ1) is 12.0. The lowest BCUT2D eigenvalue weighted by molar-refractivity contribution is 0.0697. The van der Waals surface area contributed by atoms with E-state index < -0.39 is 5.97 Å². The summed E-state index contributed by atoms with van der Waals surface area (Å²) in [5, 5.41) is 8.90. The highest BCUT2D eigenvalue weighted by Crippen LogP contribution is 2.20. The maximum atomic E-state index is 10.8. The van der Waals surface area contributed by atoms with Crippen LogP contribution >= 0.6 is 0 Å². The van der Waals surface area contributed by atoms with E-state index in [1.165, 1.54) is 5.56 Å². The van der Waals surface area contributed by atoms with Crippen molar-refractivity contribution in [2.24, 2.45) is 5.73 Å². The quantitative estimate of drug-likeness (QED) is 0.759. The van der Waals surface area contributed by atoms with E-state index in [1.807, 2.05) is 44.2 Å². The molecule has 3 rings (SSSR count). The predicted octanol–water partition coefficient (Wildman–Crippen LogP) is 3.86. The fraction of sp³-hybridized carbons (Fsp3) is 0.150. The minimum Gasteiger partial charge on any atom is -0.478 e. The number of carbonyl (C=O) groups is 1. The molecule has 0 radical (unpaired) electrons. The molecule has 0 saturated carbocycles. The van der Waals surface area contributed by atoms with Gasteiger partial charge in [-0.25, -0.2) is 4.79 Å². The topological polar surface area (TPSA) is 89.1 Å². The number of aromatic nitrogens is 2. The highest BCUT2D eigenvalue weighted by Gasteiger charge is 2.04. The van der Waals surface area contributed by atoms with Crippen LogP contribution in [-0.2, 0) is 0 Å². The second-order valence-electron chi connectivity index (χ2n) is 5.67. The molecular formula is C20H21N3O2. The van der Waals surface area contributed by atoms with Crippen molar-refractivity contribution >= 4 is 5.97 Å². The first-order valence-corrected chi connectivity index (χ1v) is 7.89. The van der Waals surface area contributed by atoms with Crippen molar-refractivity contribution < 1.29 is 9.90 Å². The van der Waals surface area contributed by atoms with E-state index in [4.69, 9.17) is 10.8 Å². The Morgan fingerprint density at radius 2 is 1.80 bits per heavy atom. The van der Waals surface area contributed by atoms with E-state index in [1.54, 1.807) is 36.8 Å². The second kappa shape index (κ2) is 8.70. The Bertz CT molecular complexity index is 816. The second-order valence-corrected chi connectivity index (χ2v) is 5.67. The van der Waals surface area contributed by atoms with Gasteiger partial charge in [0.2, 0.25) is 0 Å². The third kappa shape index (κ3) is 5.51. The van der Waals surface area contributed by atoms with Crippen LogP contribution in [0, 0.1) is 6.92 Å². The van der Waals surface area contributed by atoms with Gasteiger partial charge in [-0.05, 0) is 37.1 Å². The number of rotatable bonds is 3. The minimum atomic E-state index is -0.894. The molecule has 128 valence electrons. The molecule has 0 bridgehead atoms. The highest BCUT2D eigenvalue weighted by molar-refractivity contribution is 5.89. The summed E-state index contributed by atoms with van der Waals surface area (Å²) in [5.41, 5.74) is 9.82. The molecule has 5 heteroatoms. The van der Waals surface area contributed by atoms with Crippen molar-refractivity contribution in [3.63, 3.8) is 0 Å². The van der Waals surface area contributed by atoms with E-state index in [0.29, 0.717) is 5.56 Å². The van der Waals surface area contributed by atoms with Gasteiger partial charge in [0.25, 0.3) is 0 Å². The standard InChI is InChI=1S/C14H12O2.C6H9N3/c1-10-5-7-11(8-6-10)12-3-2-4-13(9-12)14(15)16;1-5(7)6-4-8-2-3-9-6/h2-9H,1H3,(H,15,16);2-5H,7H2,1H3. The summed E-state index contributed by atoms with van der Waals surface area (Å²) >= 11 is 0. The molecule has 3 N–H and O–H groups in total. The summed E-state index contributed by atoms with van der Waals surface area (Å²) < 4.78 is 0. The average Bonchev–Trinajstić information content (AvgIpc) is 2.63. The Labute approximate surface area is 147 Å². The van der Waals surface area contributed by atoms with Crippen LogP contribution in [0.1, 0.15) is 34.6 Å². The maximum Gasteiger partial charge on any atom is 0.335 e. The molecular weight excluding hydrogens is 314 g/mol. The third-order valence-corrected chi connectivity index (χ3v) is 3.54. The number of hydrogen-bond acceptors (Lipinski definition) is 4. The molecule has 1 unspecified atom stereocenters.